The monoisotopic (exact) mass is 765 g/mol. The number of hydrogen-bond donors (Lipinski definition) is 2. The van der Waals surface area contributed by atoms with E-state index in [1.165, 1.54) is 0 Å². The van der Waals surface area contributed by atoms with E-state index < -0.39 is 52.7 Å². The Hall–Kier alpha value is -4.37. The number of rotatable bonds is 4. The summed E-state index contributed by atoms with van der Waals surface area (Å²) in [5.41, 5.74) is 1.40. The molecule has 4 aromatic carbocycles. The van der Waals surface area contributed by atoms with Crippen molar-refractivity contribution in [2.24, 2.45) is 5.41 Å². The van der Waals surface area contributed by atoms with Gasteiger partial charge in [-0.2, -0.15) is 0 Å². The van der Waals surface area contributed by atoms with E-state index in [9.17, 15) is 4.79 Å². The number of morpholine rings is 1. The Morgan fingerprint density at radius 3 is 2.11 bits per heavy atom. The number of nitrogens with one attached hydrogen (secondary N) is 2. The van der Waals surface area contributed by atoms with Crippen molar-refractivity contribution >= 4 is 52.5 Å². The van der Waals surface area contributed by atoms with Gasteiger partial charge in [0.1, 0.15) is 23.2 Å². The van der Waals surface area contributed by atoms with Crippen LogP contribution in [-0.4, -0.2) is 40.1 Å². The number of anilines is 2. The fourth-order valence-electron chi connectivity index (χ4n) is 9.92. The first-order valence-corrected chi connectivity index (χ1v) is 19.4. The van der Waals surface area contributed by atoms with Gasteiger partial charge < -0.3 is 14.8 Å². The highest BCUT2D eigenvalue weighted by molar-refractivity contribution is 6.31. The zero-order valence-electron chi connectivity index (χ0n) is 31.1. The number of esters is 1. The third-order valence-electron chi connectivity index (χ3n) is 12.0. The number of nitrogens with zero attached hydrogens (tertiary/aromatic N) is 1. The number of carbonyl (C=O) groups is 3. The Bertz CT molecular complexity index is 2130. The third-order valence-corrected chi connectivity index (χ3v) is 12.5. The van der Waals surface area contributed by atoms with Gasteiger partial charge in [-0.05, 0) is 104 Å². The first-order chi connectivity index (χ1) is 25.6. The molecule has 2 saturated heterocycles. The Labute approximate surface area is 326 Å². The Morgan fingerprint density at radius 1 is 0.815 bits per heavy atom. The Kier molecular flexibility index (Phi) is 8.91. The number of ether oxygens (including phenoxy) is 2. The van der Waals surface area contributed by atoms with Crippen molar-refractivity contribution < 1.29 is 23.9 Å². The number of halogens is 2. The van der Waals surface area contributed by atoms with E-state index in [4.69, 9.17) is 32.7 Å². The molecule has 2 N–H and O–H groups in total. The van der Waals surface area contributed by atoms with Gasteiger partial charge in [-0.1, -0.05) is 104 Å². The Balaban J connectivity index is 1.43. The summed E-state index contributed by atoms with van der Waals surface area (Å²) in [6, 6.07) is 29.5. The lowest BCUT2D eigenvalue weighted by Gasteiger charge is -2.57. The van der Waals surface area contributed by atoms with Crippen LogP contribution in [0.4, 0.5) is 16.2 Å². The van der Waals surface area contributed by atoms with Crippen LogP contribution in [0.2, 0.25) is 10.0 Å². The number of carbonyl (C=O) groups excluding carboxylic acids is 3. The van der Waals surface area contributed by atoms with E-state index in [0.29, 0.717) is 39.8 Å². The first-order valence-electron chi connectivity index (χ1n) is 18.6. The van der Waals surface area contributed by atoms with Crippen LogP contribution in [0.15, 0.2) is 97.1 Å². The van der Waals surface area contributed by atoms with Gasteiger partial charge in [0.2, 0.25) is 5.91 Å². The molecule has 54 heavy (non-hydrogen) atoms. The molecule has 4 aliphatic rings. The average molecular weight is 767 g/mol. The van der Waals surface area contributed by atoms with Crippen LogP contribution in [-0.2, 0) is 24.5 Å². The second kappa shape index (κ2) is 13.1. The van der Waals surface area contributed by atoms with Crippen LogP contribution in [0, 0.1) is 5.41 Å². The smallest absolute Gasteiger partial charge is 0.412 e. The van der Waals surface area contributed by atoms with Crippen molar-refractivity contribution in [1.29, 1.82) is 0 Å². The quantitative estimate of drug-likeness (QED) is 0.201. The van der Waals surface area contributed by atoms with E-state index in [1.54, 1.807) is 32.9 Å². The number of fused-ring (bicyclic) bond motifs is 5. The van der Waals surface area contributed by atoms with E-state index >= 15 is 9.59 Å². The zero-order chi connectivity index (χ0) is 38.2. The summed E-state index contributed by atoms with van der Waals surface area (Å²) in [4.78, 5) is 46.1. The van der Waals surface area contributed by atoms with Crippen LogP contribution in [0.25, 0.3) is 0 Å². The maximum atomic E-state index is 15.5. The molecule has 2 amide bonds. The fraction of sp³-hybridized carbons (Fsp3) is 0.386. The molecule has 8 nitrogen and oxygen atoms in total. The fourth-order valence-corrected chi connectivity index (χ4v) is 10.3. The molecule has 8 rings (SSSR count). The Morgan fingerprint density at radius 2 is 1.46 bits per heavy atom. The molecule has 4 aromatic rings. The molecule has 2 spiro atoms. The molecule has 1 unspecified atom stereocenters. The minimum atomic E-state index is -1.29. The lowest BCUT2D eigenvalue weighted by atomic mass is 9.53. The number of hydrogen-bond acceptors (Lipinski definition) is 6. The highest BCUT2D eigenvalue weighted by Crippen LogP contribution is 2.71. The van der Waals surface area contributed by atoms with Gasteiger partial charge in [0.25, 0.3) is 0 Å². The summed E-state index contributed by atoms with van der Waals surface area (Å²) in [5, 5.41) is 6.94. The summed E-state index contributed by atoms with van der Waals surface area (Å²) in [7, 11) is 0. The molecule has 0 radical (unpaired) electrons. The van der Waals surface area contributed by atoms with E-state index in [1.807, 2.05) is 72.8 Å². The van der Waals surface area contributed by atoms with Gasteiger partial charge in [0, 0.05) is 32.9 Å². The van der Waals surface area contributed by atoms with Crippen LogP contribution in [0.1, 0.15) is 101 Å². The van der Waals surface area contributed by atoms with Gasteiger partial charge in [-0.3, -0.25) is 19.8 Å². The molecule has 1 aliphatic carbocycles. The van der Waals surface area contributed by atoms with Crippen molar-refractivity contribution in [1.82, 2.24) is 4.90 Å². The normalized spacial score (nSPS) is 26.9. The second-order valence-electron chi connectivity index (χ2n) is 17.0. The van der Waals surface area contributed by atoms with Gasteiger partial charge in [-0.15, -0.1) is 0 Å². The molecule has 0 bridgehead atoms. The predicted octanol–water partition coefficient (Wildman–Crippen LogP) is 10.4. The minimum absolute atomic E-state index is 0.00978. The highest BCUT2D eigenvalue weighted by Gasteiger charge is 2.78. The van der Waals surface area contributed by atoms with E-state index in [2.05, 4.69) is 41.5 Å². The second-order valence-corrected chi connectivity index (χ2v) is 17.9. The summed E-state index contributed by atoms with van der Waals surface area (Å²) in [6.45, 7) is 9.93. The van der Waals surface area contributed by atoms with Gasteiger partial charge >= 0.3 is 12.1 Å². The molecule has 280 valence electrons. The maximum absolute atomic E-state index is 15.5. The van der Waals surface area contributed by atoms with Gasteiger partial charge in [0.15, 0.2) is 0 Å². The highest BCUT2D eigenvalue weighted by atomic mass is 35.5. The van der Waals surface area contributed by atoms with Crippen molar-refractivity contribution in [2.75, 3.05) is 10.6 Å². The third kappa shape index (κ3) is 5.89. The number of amides is 2. The van der Waals surface area contributed by atoms with Gasteiger partial charge in [-0.25, -0.2) is 4.79 Å². The van der Waals surface area contributed by atoms with Crippen LogP contribution < -0.4 is 10.6 Å². The summed E-state index contributed by atoms with van der Waals surface area (Å²) < 4.78 is 12.2. The van der Waals surface area contributed by atoms with Crippen molar-refractivity contribution in [3.05, 3.63) is 129 Å². The summed E-state index contributed by atoms with van der Waals surface area (Å²) in [5.74, 6) is -1.40. The molecular weight excluding hydrogens is 721 g/mol. The topological polar surface area (TPSA) is 97.0 Å². The lowest BCUT2D eigenvalue weighted by molar-refractivity contribution is -0.184. The molecule has 0 aromatic heterocycles. The average Bonchev–Trinajstić information content (AvgIpc) is 3.54. The molecule has 1 saturated carbocycles. The maximum Gasteiger partial charge on any atom is 0.412 e. The van der Waals surface area contributed by atoms with Crippen molar-refractivity contribution in [2.45, 2.75) is 101 Å². The molecule has 10 heteroatoms. The predicted molar refractivity (Wildman–Crippen MR) is 211 cm³/mol. The van der Waals surface area contributed by atoms with Crippen molar-refractivity contribution in [3.8, 4) is 0 Å². The summed E-state index contributed by atoms with van der Waals surface area (Å²) in [6.07, 6.45) is 1.64. The SMILES string of the molecule is CC1(C)CCC2(CC1)N1[C@H](c3ccccc3)[C@H](c3ccccc3)OC(=O)[C@H]1[C@H](c1cc(Cl)cc(NC(=O)OC(C)(C)C)c1)C21C(=O)Nc2cc(Cl)ccc21. The standard InChI is InChI=1S/C44H45Cl2N3O5/c1-41(2,3)54-40(52)47-31-23-28(22-30(46)24-31)34-36-38(50)53-37(27-14-10-7-11-15-27)35(26-12-8-6-9-13-26)49(36)43(20-18-42(4,5)19-21-43)44(34)32-17-16-29(45)25-33(32)48-39(44)51/h6-17,22-25,34-37H,18-21H2,1-5H3,(H,47,52)(H,48,51)/t34-,35+,36+,37-,44?/m0/s1. The molecule has 3 fully saturated rings. The molecule has 5 atom stereocenters. The molecular formula is C44H45Cl2N3O5. The largest absolute Gasteiger partial charge is 0.454 e. The first kappa shape index (κ1) is 36.6. The minimum Gasteiger partial charge on any atom is -0.454 e. The lowest BCUT2D eigenvalue weighted by Crippen LogP contribution is -2.64. The molecule has 3 aliphatic heterocycles. The van der Waals surface area contributed by atoms with E-state index in [0.717, 1.165) is 29.5 Å². The molecule has 3 heterocycles. The van der Waals surface area contributed by atoms with Crippen LogP contribution in [0.3, 0.4) is 0 Å². The zero-order valence-corrected chi connectivity index (χ0v) is 32.6. The van der Waals surface area contributed by atoms with Crippen LogP contribution >= 0.6 is 23.2 Å². The van der Waals surface area contributed by atoms with Crippen LogP contribution in [0.5, 0.6) is 0 Å². The number of benzene rings is 4. The van der Waals surface area contributed by atoms with Gasteiger partial charge in [0.05, 0.1) is 6.04 Å². The van der Waals surface area contributed by atoms with E-state index in [-0.39, 0.29) is 11.3 Å². The summed E-state index contributed by atoms with van der Waals surface area (Å²) >= 11 is 13.5. The number of cyclic esters (lactones) is 1. The van der Waals surface area contributed by atoms with Crippen molar-refractivity contribution in [3.63, 3.8) is 0 Å².